The van der Waals surface area contributed by atoms with Crippen LogP contribution < -0.4 is 0 Å². The molecule has 0 radical (unpaired) electrons. The second-order valence-electron chi connectivity index (χ2n) is 8.63. The van der Waals surface area contributed by atoms with Crippen molar-refractivity contribution >= 4 is 41.1 Å². The van der Waals surface area contributed by atoms with Gasteiger partial charge in [-0.2, -0.15) is 0 Å². The van der Waals surface area contributed by atoms with Crippen LogP contribution in [0.1, 0.15) is 0 Å². The van der Waals surface area contributed by atoms with E-state index < -0.39 is 23.7 Å². The first-order valence-corrected chi connectivity index (χ1v) is 16.2. The molecule has 172 valence electrons. The van der Waals surface area contributed by atoms with Crippen LogP contribution in [-0.4, -0.2) is 43.9 Å². The molecule has 0 saturated heterocycles. The molecule has 1 aromatic carbocycles. The molecule has 0 bridgehead atoms. The van der Waals surface area contributed by atoms with Gasteiger partial charge in [-0.1, -0.05) is 42.8 Å². The second kappa shape index (κ2) is 9.60. The summed E-state index contributed by atoms with van der Waals surface area (Å²) >= 11 is 12.9. The van der Waals surface area contributed by atoms with Gasteiger partial charge < -0.3 is 4.74 Å². The number of ether oxygens (including phenoxy) is 1. The number of nitrogens with zero attached hydrogens (tertiary/aromatic N) is 3. The SMILES string of the molecule is C[Si](C)(C)CCOCn1c(-c2ccc(F)cn2)nc(Cl)c1-c1ccc(S(C)(=O)=O)cc1Cl. The van der Waals surface area contributed by atoms with Crippen molar-refractivity contribution < 1.29 is 17.5 Å². The smallest absolute Gasteiger partial charge is 0.175 e. The van der Waals surface area contributed by atoms with Crippen LogP contribution >= 0.6 is 23.2 Å². The van der Waals surface area contributed by atoms with Gasteiger partial charge in [0.25, 0.3) is 0 Å². The maximum atomic E-state index is 13.4. The lowest BCUT2D eigenvalue weighted by Gasteiger charge is -2.17. The third kappa shape index (κ3) is 5.96. The average molecular weight is 516 g/mol. The number of halogens is 3. The van der Waals surface area contributed by atoms with Gasteiger partial charge in [0.1, 0.15) is 18.2 Å². The van der Waals surface area contributed by atoms with Crippen LogP contribution in [0.25, 0.3) is 22.8 Å². The first kappa shape index (κ1) is 24.9. The Labute approximate surface area is 198 Å². The summed E-state index contributed by atoms with van der Waals surface area (Å²) in [6.07, 6.45) is 2.21. The average Bonchev–Trinajstić information content (AvgIpc) is 3.00. The van der Waals surface area contributed by atoms with Crippen LogP contribution in [0.15, 0.2) is 41.4 Å². The lowest BCUT2D eigenvalue weighted by Crippen LogP contribution is -2.22. The molecule has 3 rings (SSSR count). The van der Waals surface area contributed by atoms with Gasteiger partial charge in [0, 0.05) is 26.5 Å². The minimum absolute atomic E-state index is 0.0975. The topological polar surface area (TPSA) is 74.1 Å². The molecule has 0 aliphatic carbocycles. The van der Waals surface area contributed by atoms with E-state index in [0.29, 0.717) is 29.4 Å². The Hall–Kier alpha value is -1.78. The Bertz CT molecular complexity index is 1230. The summed E-state index contributed by atoms with van der Waals surface area (Å²) in [7, 11) is -4.72. The van der Waals surface area contributed by atoms with Gasteiger partial charge in [-0.3, -0.25) is 4.57 Å². The minimum Gasteiger partial charge on any atom is -0.361 e. The van der Waals surface area contributed by atoms with Gasteiger partial charge in [0.15, 0.2) is 20.8 Å². The fraction of sp³-hybridized carbons (Fsp3) is 0.333. The summed E-state index contributed by atoms with van der Waals surface area (Å²) in [6.45, 7) is 7.45. The second-order valence-corrected chi connectivity index (χ2v) is 17.0. The van der Waals surface area contributed by atoms with Crippen LogP contribution in [0.4, 0.5) is 4.39 Å². The molecule has 11 heteroatoms. The Morgan fingerprint density at radius 2 is 1.88 bits per heavy atom. The van der Waals surface area contributed by atoms with E-state index >= 15 is 0 Å². The zero-order valence-corrected chi connectivity index (χ0v) is 21.5. The van der Waals surface area contributed by atoms with E-state index in [4.69, 9.17) is 27.9 Å². The predicted octanol–water partition coefficient (Wildman–Crippen LogP) is 5.77. The van der Waals surface area contributed by atoms with Crippen LogP contribution in [0, 0.1) is 5.82 Å². The molecule has 0 fully saturated rings. The third-order valence-corrected chi connectivity index (χ3v) is 8.11. The Morgan fingerprint density at radius 3 is 2.44 bits per heavy atom. The molecule has 0 amide bonds. The standard InChI is InChI=1S/C21H24Cl2FN3O3SSi/c1-31(28,29)15-6-7-16(17(22)11-15)19-20(23)26-21(18-8-5-14(24)12-25-18)27(19)13-30-9-10-32(2,3)4/h5-8,11-12H,9-10,13H2,1-4H3. The van der Waals surface area contributed by atoms with Crippen molar-refractivity contribution in [2.24, 2.45) is 0 Å². The van der Waals surface area contributed by atoms with E-state index in [1.54, 1.807) is 10.6 Å². The quantitative estimate of drug-likeness (QED) is 0.281. The summed E-state index contributed by atoms with van der Waals surface area (Å²) in [6, 6.07) is 8.19. The fourth-order valence-corrected chi connectivity index (χ4v) is 4.98. The summed E-state index contributed by atoms with van der Waals surface area (Å²) in [5, 5.41) is 0.352. The summed E-state index contributed by atoms with van der Waals surface area (Å²) in [5.41, 5.74) is 1.38. The van der Waals surface area contributed by atoms with Gasteiger partial charge in [-0.05, 0) is 36.4 Å². The number of imidazole rings is 1. The van der Waals surface area contributed by atoms with Crippen LogP contribution in [0.3, 0.4) is 0 Å². The van der Waals surface area contributed by atoms with E-state index in [2.05, 4.69) is 29.6 Å². The molecular formula is C21H24Cl2FN3O3SSi. The highest BCUT2D eigenvalue weighted by molar-refractivity contribution is 7.90. The predicted molar refractivity (Wildman–Crippen MR) is 128 cm³/mol. The highest BCUT2D eigenvalue weighted by atomic mass is 35.5. The zero-order valence-electron chi connectivity index (χ0n) is 18.2. The number of benzene rings is 1. The Morgan fingerprint density at radius 1 is 1.16 bits per heavy atom. The van der Waals surface area contributed by atoms with E-state index in [0.717, 1.165) is 18.5 Å². The maximum absolute atomic E-state index is 13.4. The number of hydrogen-bond acceptors (Lipinski definition) is 5. The van der Waals surface area contributed by atoms with Gasteiger partial charge >= 0.3 is 0 Å². The Kier molecular flexibility index (Phi) is 7.46. The minimum atomic E-state index is -3.42. The van der Waals surface area contributed by atoms with Crippen molar-refractivity contribution in [2.75, 3.05) is 12.9 Å². The molecule has 0 saturated carbocycles. The number of hydrogen-bond donors (Lipinski definition) is 0. The first-order chi connectivity index (χ1) is 14.9. The lowest BCUT2D eigenvalue weighted by atomic mass is 10.1. The number of sulfone groups is 1. The highest BCUT2D eigenvalue weighted by Crippen LogP contribution is 2.37. The van der Waals surface area contributed by atoms with Gasteiger partial charge in [0.05, 0.1) is 21.8 Å². The van der Waals surface area contributed by atoms with Crippen molar-refractivity contribution in [2.45, 2.75) is 37.3 Å². The van der Waals surface area contributed by atoms with E-state index in [1.165, 1.54) is 24.3 Å². The highest BCUT2D eigenvalue weighted by Gasteiger charge is 2.23. The summed E-state index contributed by atoms with van der Waals surface area (Å²) < 4.78 is 44.8. The summed E-state index contributed by atoms with van der Waals surface area (Å²) in [4.78, 5) is 8.64. The van der Waals surface area contributed by atoms with E-state index in [-0.39, 0.29) is 21.8 Å². The Balaban J connectivity index is 2.08. The first-order valence-electron chi connectivity index (χ1n) is 9.82. The van der Waals surface area contributed by atoms with Crippen molar-refractivity contribution in [3.05, 3.63) is 52.5 Å². The van der Waals surface area contributed by atoms with Crippen molar-refractivity contribution in [1.82, 2.24) is 14.5 Å². The molecule has 6 nitrogen and oxygen atoms in total. The molecule has 0 N–H and O–H groups in total. The monoisotopic (exact) mass is 515 g/mol. The molecule has 0 atom stereocenters. The van der Waals surface area contributed by atoms with E-state index in [1.807, 2.05) is 0 Å². The van der Waals surface area contributed by atoms with E-state index in [9.17, 15) is 12.8 Å². The molecule has 2 heterocycles. The molecule has 0 unspecified atom stereocenters. The van der Waals surface area contributed by atoms with Crippen molar-refractivity contribution in [3.63, 3.8) is 0 Å². The molecule has 0 aliphatic heterocycles. The molecular weight excluding hydrogens is 492 g/mol. The molecule has 0 spiro atoms. The lowest BCUT2D eigenvalue weighted by molar-refractivity contribution is 0.0893. The number of aromatic nitrogens is 3. The summed E-state index contributed by atoms with van der Waals surface area (Å²) in [5.74, 6) is -0.0785. The van der Waals surface area contributed by atoms with Crippen LogP contribution in [-0.2, 0) is 21.3 Å². The third-order valence-electron chi connectivity index (χ3n) is 4.72. The van der Waals surface area contributed by atoms with Gasteiger partial charge in [-0.25, -0.2) is 22.8 Å². The number of rotatable bonds is 8. The molecule has 3 aromatic rings. The molecule has 2 aromatic heterocycles. The number of pyridine rings is 1. The van der Waals surface area contributed by atoms with Crippen molar-refractivity contribution in [1.29, 1.82) is 0 Å². The van der Waals surface area contributed by atoms with Gasteiger partial charge in [0.2, 0.25) is 0 Å². The van der Waals surface area contributed by atoms with Gasteiger partial charge in [-0.15, -0.1) is 0 Å². The maximum Gasteiger partial charge on any atom is 0.175 e. The molecule has 0 aliphatic rings. The van der Waals surface area contributed by atoms with Crippen LogP contribution in [0.5, 0.6) is 0 Å². The largest absolute Gasteiger partial charge is 0.361 e. The fourth-order valence-electron chi connectivity index (χ4n) is 2.96. The van der Waals surface area contributed by atoms with Crippen molar-refractivity contribution in [3.8, 4) is 22.8 Å². The normalized spacial score (nSPS) is 12.3. The molecule has 32 heavy (non-hydrogen) atoms. The zero-order chi connectivity index (χ0) is 23.7. The van der Waals surface area contributed by atoms with Crippen LogP contribution in [0.2, 0.25) is 35.9 Å².